The number of anilines is 3. The van der Waals surface area contributed by atoms with Gasteiger partial charge in [0.25, 0.3) is 5.91 Å². The number of nitrogens with zero attached hydrogens (tertiary/aromatic N) is 6. The number of ether oxygens (including phenoxy) is 3. The number of carboxylic acid groups (broad SMARTS) is 1. The van der Waals surface area contributed by atoms with Crippen LogP contribution in [0.2, 0.25) is 0 Å². The maximum absolute atomic E-state index is 12.2. The van der Waals surface area contributed by atoms with E-state index in [2.05, 4.69) is 53.6 Å². The first-order valence-electron chi connectivity index (χ1n) is 25.2. The minimum absolute atomic E-state index is 0.0482. The summed E-state index contributed by atoms with van der Waals surface area (Å²) < 4.78 is 27.3. The highest BCUT2D eigenvalue weighted by Gasteiger charge is 2.51. The van der Waals surface area contributed by atoms with Crippen molar-refractivity contribution in [2.24, 2.45) is 10.2 Å². The van der Waals surface area contributed by atoms with E-state index in [0.29, 0.717) is 23.8 Å². The molecule has 0 bridgehead atoms. The van der Waals surface area contributed by atoms with Gasteiger partial charge in [-0.3, -0.25) is 14.4 Å². The average Bonchev–Trinajstić information content (AvgIpc) is 3.84. The number of amides is 3. The zero-order valence-corrected chi connectivity index (χ0v) is 47.7. The van der Waals surface area contributed by atoms with E-state index in [9.17, 15) is 19.2 Å². The molecule has 19 nitrogen and oxygen atoms in total. The second kappa shape index (κ2) is 29.6. The number of carbonyl (C=O) groups is 4. The van der Waals surface area contributed by atoms with Crippen LogP contribution in [0.5, 0.6) is 17.2 Å². The van der Waals surface area contributed by atoms with Crippen LogP contribution in [0.1, 0.15) is 81.2 Å². The first kappa shape index (κ1) is 61.7. The summed E-state index contributed by atoms with van der Waals surface area (Å²) in [6, 6.07) is 38.9. The molecule has 3 aliphatic heterocycles. The Morgan fingerprint density at radius 3 is 1.52 bits per heavy atom. The third-order valence-corrected chi connectivity index (χ3v) is 13.3. The van der Waals surface area contributed by atoms with Crippen LogP contribution in [-0.4, -0.2) is 114 Å². The van der Waals surface area contributed by atoms with Crippen LogP contribution in [0.3, 0.4) is 0 Å². The zero-order valence-electron chi connectivity index (χ0n) is 46.1. The summed E-state index contributed by atoms with van der Waals surface area (Å²) in [5, 5.41) is 21.9. The van der Waals surface area contributed by atoms with Crippen LogP contribution in [0.4, 0.5) is 17.3 Å². The lowest BCUT2D eigenvalue weighted by Crippen LogP contribution is -2.41. The lowest BCUT2D eigenvalue weighted by atomic mass is 9.79. The SMILES string of the molecule is CC1(C)OB(c2ccc(N)cc2)OC1(C)C.CN1N=C(C(=O)O)CCC1=O.COc1cccc(CBr)c1.COc1cccc(Cc2ccc(N)nc2)c1.COc1cccc(Cc2ccc(NC(=O)C3=NN(C)C(=O)CC3)nc2)c1. The maximum Gasteiger partial charge on any atom is 0.494 e. The number of nitrogens with one attached hydrogen (secondary N) is 1. The van der Waals surface area contributed by atoms with Crippen LogP contribution in [0.25, 0.3) is 0 Å². The molecule has 0 radical (unpaired) electrons. The Bertz CT molecular complexity index is 3020. The summed E-state index contributed by atoms with van der Waals surface area (Å²) in [5.41, 5.74) is 18.5. The number of hydrogen-bond donors (Lipinski definition) is 4. The van der Waals surface area contributed by atoms with Crippen molar-refractivity contribution in [1.29, 1.82) is 0 Å². The van der Waals surface area contributed by atoms with Crippen molar-refractivity contribution < 1.29 is 47.8 Å². The zero-order chi connectivity index (χ0) is 57.7. The highest BCUT2D eigenvalue weighted by molar-refractivity contribution is 9.08. The Hall–Kier alpha value is -8.14. The van der Waals surface area contributed by atoms with Crippen molar-refractivity contribution in [3.8, 4) is 17.2 Å². The minimum atomic E-state index is -1.05. The van der Waals surface area contributed by atoms with Crippen LogP contribution in [0, 0.1) is 0 Å². The average molecular weight is 1140 g/mol. The van der Waals surface area contributed by atoms with Gasteiger partial charge in [-0.15, -0.1) is 0 Å². The number of methoxy groups -OCH3 is 3. The molecule has 416 valence electrons. The number of pyridine rings is 2. The molecule has 79 heavy (non-hydrogen) atoms. The van der Waals surface area contributed by atoms with E-state index in [-0.39, 0.29) is 61.0 Å². The monoisotopic (exact) mass is 1140 g/mol. The third kappa shape index (κ3) is 19.4. The van der Waals surface area contributed by atoms with E-state index in [1.165, 1.54) is 23.2 Å². The molecule has 4 aromatic carbocycles. The topological polar surface area (TPSA) is 256 Å². The van der Waals surface area contributed by atoms with Gasteiger partial charge in [0.2, 0.25) is 11.8 Å². The molecule has 0 atom stereocenters. The summed E-state index contributed by atoms with van der Waals surface area (Å²) in [6.07, 6.45) is 6.18. The Morgan fingerprint density at radius 1 is 0.633 bits per heavy atom. The Balaban J connectivity index is 0.000000190. The van der Waals surface area contributed by atoms with Gasteiger partial charge in [0.05, 0.1) is 32.5 Å². The maximum atomic E-state index is 12.2. The first-order valence-corrected chi connectivity index (χ1v) is 26.3. The van der Waals surface area contributed by atoms with Gasteiger partial charge in [-0.05, 0) is 134 Å². The summed E-state index contributed by atoms with van der Waals surface area (Å²) in [5.74, 6) is 1.98. The van der Waals surface area contributed by atoms with Gasteiger partial charge in [-0.2, -0.15) is 10.2 Å². The van der Waals surface area contributed by atoms with Gasteiger partial charge >= 0.3 is 13.1 Å². The number of rotatable bonds is 12. The van der Waals surface area contributed by atoms with Gasteiger partial charge in [-0.1, -0.05) is 76.6 Å². The second-order valence-corrected chi connectivity index (χ2v) is 19.7. The fourth-order valence-corrected chi connectivity index (χ4v) is 7.76. The molecular formula is C58H69BBrN9O10. The van der Waals surface area contributed by atoms with Crippen molar-refractivity contribution in [3.63, 3.8) is 0 Å². The predicted octanol–water partition coefficient (Wildman–Crippen LogP) is 8.33. The number of benzene rings is 4. The van der Waals surface area contributed by atoms with Crippen molar-refractivity contribution in [1.82, 2.24) is 20.0 Å². The molecule has 1 saturated heterocycles. The van der Waals surface area contributed by atoms with E-state index in [4.69, 9.17) is 40.1 Å². The standard InChI is InChI=1S/C19H20N4O3.C13H14N2O.C12H18BNO2.C8H9BrO.C6H8N2O3/c1-23-18(24)9-7-16(22-23)19(25)21-17-8-6-14(12-20-17)10-13-4-3-5-15(11-13)26-2;1-16-12-4-2-3-10(8-12)7-11-5-6-13(14)15-9-11;1-11(2)12(3,4)16-13(15-11)9-5-7-10(14)8-6-9;1-10-8-4-2-3-7(5-8)6-9;1-8-5(9)3-2-4(7-8)6(10)11/h3-6,8,11-12H,7,9-10H2,1-2H3,(H,20,21,25);2-6,8-9H,7H2,1H3,(H2,14,15);5-8H,14H2,1-4H3;2-5H,6H2,1H3;2-3H2,1H3,(H,10,11). The molecule has 21 heteroatoms. The molecule has 3 amide bonds. The number of nitrogens with two attached hydrogens (primary N) is 2. The quantitative estimate of drug-likeness (QED) is 0.0511. The Labute approximate surface area is 470 Å². The summed E-state index contributed by atoms with van der Waals surface area (Å²) in [6.45, 7) is 8.18. The van der Waals surface area contributed by atoms with Crippen molar-refractivity contribution in [2.45, 2.75) is 82.8 Å². The molecule has 6 N–H and O–H groups in total. The van der Waals surface area contributed by atoms with Crippen LogP contribution in [0.15, 0.2) is 144 Å². The third-order valence-electron chi connectivity index (χ3n) is 12.7. The van der Waals surface area contributed by atoms with Crippen molar-refractivity contribution in [3.05, 3.63) is 162 Å². The van der Waals surface area contributed by atoms with E-state index < -0.39 is 5.97 Å². The Morgan fingerprint density at radius 2 is 1.09 bits per heavy atom. The van der Waals surface area contributed by atoms with Gasteiger partial charge < -0.3 is 45.4 Å². The number of hydrazone groups is 2. The van der Waals surface area contributed by atoms with Gasteiger partial charge in [0, 0.05) is 63.2 Å². The molecule has 2 aromatic heterocycles. The van der Waals surface area contributed by atoms with Crippen molar-refractivity contribution in [2.75, 3.05) is 52.2 Å². The molecule has 5 heterocycles. The number of aromatic nitrogens is 2. The fourth-order valence-electron chi connectivity index (χ4n) is 7.41. The first-order chi connectivity index (χ1) is 37.6. The van der Waals surface area contributed by atoms with E-state index in [0.717, 1.165) is 68.3 Å². The smallest absolute Gasteiger partial charge is 0.494 e. The minimum Gasteiger partial charge on any atom is -0.497 e. The molecule has 0 spiro atoms. The van der Waals surface area contributed by atoms with Gasteiger partial charge in [-0.25, -0.2) is 24.8 Å². The molecule has 9 rings (SSSR count). The number of carbonyl (C=O) groups excluding carboxylic acids is 3. The van der Waals surface area contributed by atoms with Crippen LogP contribution in [-0.2, 0) is 46.7 Å². The molecule has 3 aliphatic rings. The molecule has 0 aliphatic carbocycles. The summed E-state index contributed by atoms with van der Waals surface area (Å²) in [7, 11) is 7.68. The number of carboxylic acids is 1. The fraction of sp³-hybridized carbons (Fsp3) is 0.310. The van der Waals surface area contributed by atoms with E-state index in [1.54, 1.807) is 46.8 Å². The van der Waals surface area contributed by atoms with E-state index >= 15 is 0 Å². The molecule has 0 unspecified atom stereocenters. The number of alkyl halides is 1. The van der Waals surface area contributed by atoms with Gasteiger partial charge in [0.15, 0.2) is 0 Å². The lowest BCUT2D eigenvalue weighted by Gasteiger charge is -2.32. The molecule has 0 saturated carbocycles. The predicted molar refractivity (Wildman–Crippen MR) is 312 cm³/mol. The lowest BCUT2D eigenvalue weighted by molar-refractivity contribution is -0.132. The number of aliphatic carboxylic acids is 1. The summed E-state index contributed by atoms with van der Waals surface area (Å²) >= 11 is 3.37. The number of hydrogen-bond acceptors (Lipinski definition) is 15. The largest absolute Gasteiger partial charge is 0.497 e. The number of halogens is 1. The highest BCUT2D eigenvalue weighted by atomic mass is 79.9. The van der Waals surface area contributed by atoms with Gasteiger partial charge in [0.1, 0.15) is 40.3 Å². The normalized spacial score (nSPS) is 14.9. The van der Waals surface area contributed by atoms with Crippen LogP contribution < -0.4 is 36.5 Å². The second-order valence-electron chi connectivity index (χ2n) is 19.1. The molecule has 6 aromatic rings. The van der Waals surface area contributed by atoms with E-state index in [1.807, 2.05) is 131 Å². The molecule has 1 fully saturated rings. The number of nitrogen functional groups attached to an aromatic ring is 2. The Kier molecular flexibility index (Phi) is 23.1. The summed E-state index contributed by atoms with van der Waals surface area (Å²) in [4.78, 5) is 53.1. The molecular weight excluding hydrogens is 1070 g/mol. The highest BCUT2D eigenvalue weighted by Crippen LogP contribution is 2.36. The van der Waals surface area contributed by atoms with Crippen molar-refractivity contribution >= 4 is 80.9 Å². The van der Waals surface area contributed by atoms with Crippen LogP contribution >= 0.6 is 15.9 Å².